The maximum atomic E-state index is 12.0. The van der Waals surface area contributed by atoms with Crippen LogP contribution in [0, 0.1) is 10.1 Å². The summed E-state index contributed by atoms with van der Waals surface area (Å²) >= 11 is 11.7. The Bertz CT molecular complexity index is 777. The van der Waals surface area contributed by atoms with Crippen LogP contribution in [0.15, 0.2) is 22.7 Å². The highest BCUT2D eigenvalue weighted by molar-refractivity contribution is 7.94. The van der Waals surface area contributed by atoms with Gasteiger partial charge in [-0.05, 0) is 0 Å². The third kappa shape index (κ3) is 3.15. The number of hydrogen-bond acceptors (Lipinski definition) is 7. The maximum Gasteiger partial charge on any atom is 0.300 e. The van der Waals surface area contributed by atoms with Crippen molar-refractivity contribution in [1.29, 1.82) is 0 Å². The fraction of sp³-hybridized carbons (Fsp3) is 0. The number of nitrogens with one attached hydrogen (secondary N) is 1. The van der Waals surface area contributed by atoms with Crippen LogP contribution in [0.4, 0.5) is 11.5 Å². The van der Waals surface area contributed by atoms with E-state index in [1.165, 1.54) is 6.20 Å². The van der Waals surface area contributed by atoms with Crippen LogP contribution in [0.2, 0.25) is 9.49 Å². The minimum absolute atomic E-state index is 0.000363. The first-order valence-corrected chi connectivity index (χ1v) is 7.79. The first-order chi connectivity index (χ1) is 9.29. The summed E-state index contributed by atoms with van der Waals surface area (Å²) in [6, 6.07) is 0.868. The number of nitro groups is 1. The van der Waals surface area contributed by atoms with E-state index in [-0.39, 0.29) is 19.5 Å². The lowest BCUT2D eigenvalue weighted by Gasteiger charge is -2.04. The number of halogens is 2. The van der Waals surface area contributed by atoms with Crippen molar-refractivity contribution in [3.05, 3.63) is 38.1 Å². The van der Waals surface area contributed by atoms with E-state index in [4.69, 9.17) is 23.2 Å². The Morgan fingerprint density at radius 2 is 2.05 bits per heavy atom. The number of rotatable bonds is 4. The predicted octanol–water partition coefficient (Wildman–Crippen LogP) is 2.55. The molecule has 0 fully saturated rings. The molecule has 2 aromatic rings. The van der Waals surface area contributed by atoms with Crippen LogP contribution < -0.4 is 4.72 Å². The molecule has 2 heterocycles. The lowest BCUT2D eigenvalue weighted by atomic mass is 10.6. The largest absolute Gasteiger partial charge is 0.300 e. The standard InChI is InChI=1S/C8H4Cl2N4O4S2/c9-5-2-11-3-6(12-5)13-20(17,18)7-1-4(14(15)16)8(10)19-7/h1-3H,(H,12,13). The van der Waals surface area contributed by atoms with E-state index in [0.717, 1.165) is 12.3 Å². The summed E-state index contributed by atoms with van der Waals surface area (Å²) in [4.78, 5) is 17.2. The van der Waals surface area contributed by atoms with Crippen molar-refractivity contribution < 1.29 is 13.3 Å². The zero-order chi connectivity index (χ0) is 14.9. The minimum Gasteiger partial charge on any atom is -0.261 e. The second kappa shape index (κ2) is 5.48. The molecule has 0 aromatic carbocycles. The average Bonchev–Trinajstić information content (AvgIpc) is 2.71. The summed E-state index contributed by atoms with van der Waals surface area (Å²) in [5.41, 5.74) is -0.478. The van der Waals surface area contributed by atoms with Gasteiger partial charge in [-0.3, -0.25) is 19.8 Å². The van der Waals surface area contributed by atoms with E-state index in [9.17, 15) is 18.5 Å². The number of hydrogen-bond donors (Lipinski definition) is 1. The zero-order valence-corrected chi connectivity index (χ0v) is 12.4. The van der Waals surface area contributed by atoms with Crippen LogP contribution in [0.1, 0.15) is 0 Å². The van der Waals surface area contributed by atoms with Crippen LogP contribution in [-0.2, 0) is 10.0 Å². The van der Waals surface area contributed by atoms with Crippen molar-refractivity contribution >= 4 is 56.1 Å². The molecule has 0 aliphatic rings. The van der Waals surface area contributed by atoms with Gasteiger partial charge in [0.15, 0.2) is 10.2 Å². The fourth-order valence-electron chi connectivity index (χ4n) is 1.17. The number of anilines is 1. The highest BCUT2D eigenvalue weighted by Crippen LogP contribution is 2.36. The second-order valence-corrected chi connectivity index (χ2v) is 7.26. The fourth-order valence-corrected chi connectivity index (χ4v) is 3.97. The Labute approximate surface area is 126 Å². The van der Waals surface area contributed by atoms with E-state index in [2.05, 4.69) is 14.7 Å². The van der Waals surface area contributed by atoms with Crippen LogP contribution in [0.3, 0.4) is 0 Å². The summed E-state index contributed by atoms with van der Waals surface area (Å²) < 4.78 is 25.6. The molecule has 2 rings (SSSR count). The van der Waals surface area contributed by atoms with Crippen molar-refractivity contribution in [3.8, 4) is 0 Å². The first kappa shape index (κ1) is 14.9. The van der Waals surface area contributed by atoms with Gasteiger partial charge in [0.05, 0.1) is 17.3 Å². The summed E-state index contributed by atoms with van der Waals surface area (Å²) in [5, 5.41) is 10.6. The zero-order valence-electron chi connectivity index (χ0n) is 9.28. The number of thiophene rings is 1. The van der Waals surface area contributed by atoms with E-state index < -0.39 is 20.6 Å². The van der Waals surface area contributed by atoms with Gasteiger partial charge in [0, 0.05) is 6.07 Å². The Balaban J connectivity index is 2.36. The summed E-state index contributed by atoms with van der Waals surface area (Å²) in [7, 11) is -4.05. The van der Waals surface area contributed by atoms with E-state index >= 15 is 0 Å². The average molecular weight is 355 g/mol. The van der Waals surface area contributed by atoms with Crippen molar-refractivity contribution in [2.45, 2.75) is 4.21 Å². The second-order valence-electron chi connectivity index (χ2n) is 3.31. The van der Waals surface area contributed by atoms with Crippen molar-refractivity contribution in [2.24, 2.45) is 0 Å². The van der Waals surface area contributed by atoms with Crippen LogP contribution >= 0.6 is 34.5 Å². The Hall–Kier alpha value is -1.49. The summed E-state index contributed by atoms with van der Waals surface area (Å²) in [6.07, 6.45) is 2.37. The van der Waals surface area contributed by atoms with Gasteiger partial charge in [-0.2, -0.15) is 0 Å². The lowest BCUT2D eigenvalue weighted by molar-refractivity contribution is -0.384. The number of aromatic nitrogens is 2. The molecule has 0 amide bonds. The molecule has 0 saturated heterocycles. The molecule has 0 radical (unpaired) electrons. The van der Waals surface area contributed by atoms with Gasteiger partial charge in [0.2, 0.25) is 0 Å². The normalized spacial score (nSPS) is 11.3. The molecule has 0 atom stereocenters. The Morgan fingerprint density at radius 3 is 2.60 bits per heavy atom. The Kier molecular flexibility index (Phi) is 4.09. The summed E-state index contributed by atoms with van der Waals surface area (Å²) in [6.45, 7) is 0. The van der Waals surface area contributed by atoms with Gasteiger partial charge in [-0.15, -0.1) is 11.3 Å². The monoisotopic (exact) mass is 354 g/mol. The molecule has 2 aromatic heterocycles. The predicted molar refractivity (Wildman–Crippen MR) is 73.8 cm³/mol. The topological polar surface area (TPSA) is 115 Å². The number of nitrogens with zero attached hydrogens (tertiary/aromatic N) is 3. The molecular formula is C8H4Cl2N4O4S2. The van der Waals surface area contributed by atoms with Gasteiger partial charge in [0.1, 0.15) is 9.36 Å². The van der Waals surface area contributed by atoms with Crippen molar-refractivity contribution in [3.63, 3.8) is 0 Å². The quantitative estimate of drug-likeness (QED) is 0.666. The molecule has 0 aliphatic carbocycles. The highest BCUT2D eigenvalue weighted by atomic mass is 35.5. The highest BCUT2D eigenvalue weighted by Gasteiger charge is 2.25. The third-order valence-corrected chi connectivity index (χ3v) is 5.30. The van der Waals surface area contributed by atoms with Gasteiger partial charge in [-0.1, -0.05) is 23.2 Å². The smallest absolute Gasteiger partial charge is 0.261 e. The first-order valence-electron chi connectivity index (χ1n) is 4.73. The van der Waals surface area contributed by atoms with Crippen LogP contribution in [0.25, 0.3) is 0 Å². The van der Waals surface area contributed by atoms with Crippen LogP contribution in [0.5, 0.6) is 0 Å². The Morgan fingerprint density at radius 1 is 1.35 bits per heavy atom. The van der Waals surface area contributed by atoms with Gasteiger partial charge in [0.25, 0.3) is 15.7 Å². The molecule has 20 heavy (non-hydrogen) atoms. The molecule has 0 spiro atoms. The van der Waals surface area contributed by atoms with Crippen LogP contribution in [-0.4, -0.2) is 23.3 Å². The maximum absolute atomic E-state index is 12.0. The third-order valence-electron chi connectivity index (χ3n) is 1.95. The molecule has 0 bridgehead atoms. The minimum atomic E-state index is -4.05. The van der Waals surface area contributed by atoms with Crippen molar-refractivity contribution in [1.82, 2.24) is 9.97 Å². The summed E-state index contributed by atoms with van der Waals surface area (Å²) in [5.74, 6) is -0.107. The SMILES string of the molecule is O=[N+]([O-])c1cc(S(=O)(=O)Nc2cncc(Cl)n2)sc1Cl. The lowest BCUT2D eigenvalue weighted by Crippen LogP contribution is -2.12. The van der Waals surface area contributed by atoms with Gasteiger partial charge in [-0.25, -0.2) is 13.4 Å². The molecule has 8 nitrogen and oxygen atoms in total. The molecule has 106 valence electrons. The van der Waals surface area contributed by atoms with Gasteiger partial charge < -0.3 is 0 Å². The van der Waals surface area contributed by atoms with E-state index in [0.29, 0.717) is 11.3 Å². The molecule has 0 saturated carbocycles. The van der Waals surface area contributed by atoms with E-state index in [1.54, 1.807) is 0 Å². The molecule has 1 N–H and O–H groups in total. The molecule has 0 aliphatic heterocycles. The number of sulfonamides is 1. The van der Waals surface area contributed by atoms with Gasteiger partial charge >= 0.3 is 0 Å². The van der Waals surface area contributed by atoms with E-state index in [1.807, 2.05) is 0 Å². The molecule has 12 heteroatoms. The molecule has 0 unspecified atom stereocenters. The molecular weight excluding hydrogens is 351 g/mol. The van der Waals surface area contributed by atoms with Crippen molar-refractivity contribution in [2.75, 3.05) is 4.72 Å².